The van der Waals surface area contributed by atoms with Gasteiger partial charge in [-0.1, -0.05) is 29.8 Å². The predicted octanol–water partition coefficient (Wildman–Crippen LogP) is 3.35. The number of fused-ring (bicyclic) bond motifs is 1. The van der Waals surface area contributed by atoms with Gasteiger partial charge in [-0.3, -0.25) is 0 Å². The maximum Gasteiger partial charge on any atom is 0.352 e. The van der Waals surface area contributed by atoms with E-state index in [-0.39, 0.29) is 11.7 Å². The van der Waals surface area contributed by atoms with Gasteiger partial charge in [0.25, 0.3) is 0 Å². The average molecular weight is 347 g/mol. The molecule has 8 heteroatoms. The third kappa shape index (κ3) is 4.72. The Hall–Kier alpha value is -3.06. The van der Waals surface area contributed by atoms with Crippen molar-refractivity contribution in [3.63, 3.8) is 0 Å². The van der Waals surface area contributed by atoms with Crippen molar-refractivity contribution in [1.82, 2.24) is 15.3 Å². The second-order valence-corrected chi connectivity index (χ2v) is 5.04. The number of carbonyl (C=O) groups excluding carboxylic acids is 1. The third-order valence-corrected chi connectivity index (χ3v) is 3.17. The number of pyridine rings is 1. The largest absolute Gasteiger partial charge is 0.477 e. The Morgan fingerprint density at radius 1 is 1.21 bits per heavy atom. The van der Waals surface area contributed by atoms with E-state index in [4.69, 9.17) is 16.7 Å². The summed E-state index contributed by atoms with van der Waals surface area (Å²) in [6.07, 6.45) is 1.50. The summed E-state index contributed by atoms with van der Waals surface area (Å²) < 4.78 is 0. The van der Waals surface area contributed by atoms with Gasteiger partial charge in [0.2, 0.25) is 0 Å². The minimum Gasteiger partial charge on any atom is -0.477 e. The van der Waals surface area contributed by atoms with Gasteiger partial charge in [-0.15, -0.1) is 0 Å². The second kappa shape index (κ2) is 7.98. The Morgan fingerprint density at radius 2 is 1.92 bits per heavy atom. The van der Waals surface area contributed by atoms with Crippen molar-refractivity contribution < 1.29 is 14.7 Å². The highest BCUT2D eigenvalue weighted by molar-refractivity contribution is 6.30. The van der Waals surface area contributed by atoms with E-state index >= 15 is 0 Å². The van der Waals surface area contributed by atoms with Gasteiger partial charge in [0.15, 0.2) is 0 Å². The van der Waals surface area contributed by atoms with Gasteiger partial charge in [0, 0.05) is 18.1 Å². The van der Waals surface area contributed by atoms with Gasteiger partial charge in [-0.05, 0) is 24.3 Å². The number of rotatable bonds is 2. The lowest BCUT2D eigenvalue weighted by Crippen LogP contribution is -2.24. The lowest BCUT2D eigenvalue weighted by atomic mass is 10.3. The van der Waals surface area contributed by atoms with Crippen LogP contribution in [-0.4, -0.2) is 34.1 Å². The van der Waals surface area contributed by atoms with Gasteiger partial charge in [-0.25, -0.2) is 14.6 Å². The molecule has 24 heavy (non-hydrogen) atoms. The Morgan fingerprint density at radius 3 is 2.54 bits per heavy atom. The first kappa shape index (κ1) is 17.3. The number of aromatic nitrogens is 2. The molecule has 0 saturated carbocycles. The summed E-state index contributed by atoms with van der Waals surface area (Å²) in [4.78, 5) is 27.9. The van der Waals surface area contributed by atoms with E-state index in [9.17, 15) is 9.59 Å². The summed E-state index contributed by atoms with van der Waals surface area (Å²) in [5.74, 6) is -0.993. The molecule has 3 rings (SSSR count). The molecule has 3 aromatic rings. The quantitative estimate of drug-likeness (QED) is 0.534. The second-order valence-electron chi connectivity index (χ2n) is 4.65. The molecule has 4 N–H and O–H groups in total. The zero-order valence-corrected chi connectivity index (χ0v) is 13.5. The molecule has 7 nitrogen and oxygen atoms in total. The molecular formula is C16H15ClN4O3. The molecule has 1 aromatic carbocycles. The number of benzene rings is 1. The number of nitrogens with zero attached hydrogens (tertiary/aromatic N) is 1. The zero-order valence-electron chi connectivity index (χ0n) is 12.7. The molecule has 0 aliphatic rings. The van der Waals surface area contributed by atoms with E-state index in [1.807, 2.05) is 30.3 Å². The Kier molecular flexibility index (Phi) is 5.75. The summed E-state index contributed by atoms with van der Waals surface area (Å²) in [5.41, 5.74) is 1.60. The van der Waals surface area contributed by atoms with Crippen LogP contribution in [0.25, 0.3) is 10.9 Å². The summed E-state index contributed by atoms with van der Waals surface area (Å²) in [6.45, 7) is 0. The highest BCUT2D eigenvalue weighted by atomic mass is 35.5. The molecule has 124 valence electrons. The van der Waals surface area contributed by atoms with Crippen LogP contribution < -0.4 is 10.6 Å². The number of aromatic amines is 1. The first-order chi connectivity index (χ1) is 11.5. The normalized spacial score (nSPS) is 9.75. The molecular weight excluding hydrogens is 332 g/mol. The molecule has 0 atom stereocenters. The number of H-pyrrole nitrogens is 1. The molecule has 0 fully saturated rings. The molecule has 0 aliphatic carbocycles. The number of hydrogen-bond acceptors (Lipinski definition) is 3. The number of anilines is 1. The maximum absolute atomic E-state index is 10.8. The fraction of sp³-hybridized carbons (Fsp3) is 0.0625. The molecule has 2 heterocycles. The van der Waals surface area contributed by atoms with E-state index in [1.165, 1.54) is 12.3 Å². The van der Waals surface area contributed by atoms with Crippen LogP contribution in [0.3, 0.4) is 0 Å². The SMILES string of the molecule is CNC(=O)Nc1ccccc1.O=C(O)c1cc2cc(Cl)ncc2[nH]1. The Balaban J connectivity index is 0.000000177. The smallest absolute Gasteiger partial charge is 0.352 e. The number of carboxylic acids is 1. The molecule has 0 aliphatic heterocycles. The molecule has 0 bridgehead atoms. The molecule has 0 saturated heterocycles. The molecule has 0 spiro atoms. The van der Waals surface area contributed by atoms with Crippen LogP contribution in [0.2, 0.25) is 5.15 Å². The summed E-state index contributed by atoms with van der Waals surface area (Å²) in [7, 11) is 1.58. The Bertz CT molecular complexity index is 849. The average Bonchev–Trinajstić information content (AvgIpc) is 2.99. The first-order valence-corrected chi connectivity index (χ1v) is 7.28. The summed E-state index contributed by atoms with van der Waals surface area (Å²) in [5, 5.41) is 14.9. The zero-order chi connectivity index (χ0) is 17.5. The molecule has 2 amide bonds. The minimum atomic E-state index is -0.993. The highest BCUT2D eigenvalue weighted by Gasteiger charge is 2.07. The van der Waals surface area contributed by atoms with Crippen molar-refractivity contribution in [3.05, 3.63) is 59.5 Å². The van der Waals surface area contributed by atoms with E-state index in [1.54, 1.807) is 13.1 Å². The first-order valence-electron chi connectivity index (χ1n) is 6.91. The number of carbonyl (C=O) groups is 2. The van der Waals surface area contributed by atoms with E-state index in [0.717, 1.165) is 11.1 Å². The topological polar surface area (TPSA) is 107 Å². The summed E-state index contributed by atoms with van der Waals surface area (Å²) >= 11 is 5.64. The number of urea groups is 1. The third-order valence-electron chi connectivity index (χ3n) is 2.96. The number of para-hydroxylation sites is 1. The van der Waals surface area contributed by atoms with Crippen molar-refractivity contribution in [3.8, 4) is 0 Å². The number of halogens is 1. The van der Waals surface area contributed by atoms with E-state index in [0.29, 0.717) is 10.7 Å². The number of hydrogen-bond donors (Lipinski definition) is 4. The summed E-state index contributed by atoms with van der Waals surface area (Å²) in [6, 6.07) is 12.2. The standard InChI is InChI=1S/C8H5ClN2O2.C8H10N2O/c9-7-2-4-1-5(8(12)13)11-6(4)3-10-7;1-9-8(11)10-7-5-3-2-4-6-7/h1-3,11H,(H,12,13);2-6H,1H3,(H2,9,10,11). The van der Waals surface area contributed by atoms with Gasteiger partial charge < -0.3 is 20.7 Å². The minimum absolute atomic E-state index is 0.138. The van der Waals surface area contributed by atoms with Gasteiger partial charge in [-0.2, -0.15) is 0 Å². The molecule has 0 unspecified atom stereocenters. The van der Waals surface area contributed by atoms with Gasteiger partial charge in [0.1, 0.15) is 10.8 Å². The fourth-order valence-electron chi connectivity index (χ4n) is 1.83. The molecule has 2 aromatic heterocycles. The van der Waals surface area contributed by atoms with Crippen molar-refractivity contribution in [2.45, 2.75) is 0 Å². The number of nitrogens with one attached hydrogen (secondary N) is 3. The van der Waals surface area contributed by atoms with Crippen LogP contribution >= 0.6 is 11.6 Å². The van der Waals surface area contributed by atoms with Crippen LogP contribution in [0.1, 0.15) is 10.5 Å². The van der Waals surface area contributed by atoms with Gasteiger partial charge >= 0.3 is 12.0 Å². The van der Waals surface area contributed by atoms with Crippen LogP contribution in [0.5, 0.6) is 0 Å². The van der Waals surface area contributed by atoms with Crippen LogP contribution in [0, 0.1) is 0 Å². The lowest BCUT2D eigenvalue weighted by Gasteiger charge is -2.01. The van der Waals surface area contributed by atoms with Crippen molar-refractivity contribution in [1.29, 1.82) is 0 Å². The predicted molar refractivity (Wildman–Crippen MR) is 92.6 cm³/mol. The van der Waals surface area contributed by atoms with Crippen LogP contribution in [0.15, 0.2) is 48.7 Å². The highest BCUT2D eigenvalue weighted by Crippen LogP contribution is 2.17. The van der Waals surface area contributed by atoms with Crippen LogP contribution in [0.4, 0.5) is 10.5 Å². The van der Waals surface area contributed by atoms with Crippen molar-refractivity contribution in [2.24, 2.45) is 0 Å². The van der Waals surface area contributed by atoms with E-state index < -0.39 is 5.97 Å². The fourth-order valence-corrected chi connectivity index (χ4v) is 2.00. The van der Waals surface area contributed by atoms with E-state index in [2.05, 4.69) is 20.6 Å². The Labute approximate surface area is 142 Å². The van der Waals surface area contributed by atoms with Crippen LogP contribution in [-0.2, 0) is 0 Å². The lowest BCUT2D eigenvalue weighted by molar-refractivity contribution is 0.0691. The van der Waals surface area contributed by atoms with Crippen molar-refractivity contribution >= 4 is 40.2 Å². The monoisotopic (exact) mass is 346 g/mol. The number of carboxylic acid groups (broad SMARTS) is 1. The van der Waals surface area contributed by atoms with Crippen molar-refractivity contribution in [2.75, 3.05) is 12.4 Å². The number of aromatic carboxylic acids is 1. The number of amides is 2. The molecule has 0 radical (unpaired) electrons. The maximum atomic E-state index is 10.8. The van der Waals surface area contributed by atoms with Gasteiger partial charge in [0.05, 0.1) is 11.7 Å².